The minimum absolute atomic E-state index is 0.0770. The van der Waals surface area contributed by atoms with Gasteiger partial charge in [-0.2, -0.15) is 0 Å². The van der Waals surface area contributed by atoms with E-state index in [1.165, 1.54) is 6.21 Å². The number of thiocarbonyl (C=S) groups is 1. The van der Waals surface area contributed by atoms with E-state index in [9.17, 15) is 9.90 Å². The number of carbonyl (C=O) groups is 1. The second-order valence-electron chi connectivity index (χ2n) is 7.23. The first kappa shape index (κ1) is 20.9. The zero-order chi connectivity index (χ0) is 20.0. The normalized spacial score (nSPS) is 16.5. The van der Waals surface area contributed by atoms with E-state index in [0.717, 1.165) is 12.0 Å². The number of benzene rings is 1. The van der Waals surface area contributed by atoms with Gasteiger partial charge in [-0.25, -0.2) is 4.99 Å². The highest BCUT2D eigenvalue weighted by Crippen LogP contribution is 2.35. The Balaban J connectivity index is 1.90. The molecule has 1 aliphatic rings. The molecule has 2 N–H and O–H groups in total. The van der Waals surface area contributed by atoms with Crippen LogP contribution < -0.4 is 14.8 Å². The monoisotopic (exact) mass is 390 g/mol. The molecule has 0 atom stereocenters. The second kappa shape index (κ2) is 8.99. The van der Waals surface area contributed by atoms with Crippen LogP contribution in [-0.2, 0) is 11.2 Å². The number of aliphatic hydroxyl groups excluding tert-OH is 1. The fourth-order valence-corrected chi connectivity index (χ4v) is 3.12. The number of aliphatic imine (C=N–C) groups is 1. The zero-order valence-corrected chi connectivity index (χ0v) is 17.0. The van der Waals surface area contributed by atoms with Gasteiger partial charge in [0.2, 0.25) is 0 Å². The van der Waals surface area contributed by atoms with E-state index < -0.39 is 0 Å². The molecular formula is C20H26N2O4S. The largest absolute Gasteiger partial charge is 0.511 e. The van der Waals surface area contributed by atoms with Gasteiger partial charge in [0.15, 0.2) is 22.4 Å². The maximum absolute atomic E-state index is 12.1. The van der Waals surface area contributed by atoms with E-state index in [4.69, 9.17) is 21.7 Å². The lowest BCUT2D eigenvalue weighted by atomic mass is 9.77. The van der Waals surface area contributed by atoms with Crippen LogP contribution in [0.25, 0.3) is 0 Å². The number of allylic oxidation sites excluding steroid dienone is 2. The van der Waals surface area contributed by atoms with Gasteiger partial charge in [-0.1, -0.05) is 19.9 Å². The van der Waals surface area contributed by atoms with Crippen LogP contribution in [-0.4, -0.2) is 43.0 Å². The summed E-state index contributed by atoms with van der Waals surface area (Å²) in [7, 11) is 3.20. The van der Waals surface area contributed by atoms with Gasteiger partial charge in [0.05, 0.1) is 19.8 Å². The van der Waals surface area contributed by atoms with Crippen molar-refractivity contribution in [2.75, 3.05) is 20.8 Å². The number of ketones is 1. The number of hydrogen-bond acceptors (Lipinski definition) is 5. The molecule has 0 fully saturated rings. The van der Waals surface area contributed by atoms with Crippen molar-refractivity contribution in [1.29, 1.82) is 0 Å². The Bertz CT molecular complexity index is 784. The maximum atomic E-state index is 12.1. The number of Topliss-reactive ketones (excluding diaryl/α,β-unsaturated/α-hetero) is 1. The van der Waals surface area contributed by atoms with Crippen molar-refractivity contribution < 1.29 is 19.4 Å². The van der Waals surface area contributed by atoms with E-state index in [0.29, 0.717) is 30.9 Å². The third kappa shape index (κ3) is 5.79. The number of nitrogens with one attached hydrogen (secondary N) is 1. The fourth-order valence-electron chi connectivity index (χ4n) is 2.97. The summed E-state index contributed by atoms with van der Waals surface area (Å²) < 4.78 is 10.5. The molecule has 0 spiro atoms. The molecule has 0 aromatic heterocycles. The SMILES string of the molecule is COc1ccc(CCNC(=S)N=CC2=C(O)CC(C)(C)CC2=O)cc1OC. The first-order valence-electron chi connectivity index (χ1n) is 8.74. The topological polar surface area (TPSA) is 80.1 Å². The molecule has 1 aromatic rings. The third-order valence-corrected chi connectivity index (χ3v) is 4.59. The molecule has 7 heteroatoms. The molecule has 2 rings (SSSR count). The number of rotatable bonds is 6. The van der Waals surface area contributed by atoms with E-state index in [2.05, 4.69) is 10.3 Å². The van der Waals surface area contributed by atoms with Crippen molar-refractivity contribution in [3.8, 4) is 11.5 Å². The van der Waals surface area contributed by atoms with Crippen LogP contribution in [0.5, 0.6) is 11.5 Å². The molecular weight excluding hydrogens is 364 g/mol. The van der Waals surface area contributed by atoms with Gasteiger partial charge in [0.1, 0.15) is 5.76 Å². The van der Waals surface area contributed by atoms with E-state index in [1.807, 2.05) is 32.0 Å². The lowest BCUT2D eigenvalue weighted by molar-refractivity contribution is -0.117. The summed E-state index contributed by atoms with van der Waals surface area (Å²) in [4.78, 5) is 16.3. The smallest absolute Gasteiger partial charge is 0.192 e. The summed E-state index contributed by atoms with van der Waals surface area (Å²) in [5.74, 6) is 1.33. The Labute approximate surface area is 165 Å². The number of hydrogen-bond donors (Lipinski definition) is 2. The maximum Gasteiger partial charge on any atom is 0.192 e. The van der Waals surface area contributed by atoms with E-state index in [1.54, 1.807) is 14.2 Å². The van der Waals surface area contributed by atoms with Gasteiger partial charge in [-0.3, -0.25) is 4.79 Å². The van der Waals surface area contributed by atoms with Crippen LogP contribution >= 0.6 is 12.2 Å². The summed E-state index contributed by atoms with van der Waals surface area (Å²) in [5.41, 5.74) is 1.09. The van der Waals surface area contributed by atoms with Crippen molar-refractivity contribution in [2.45, 2.75) is 33.1 Å². The summed E-state index contributed by atoms with van der Waals surface area (Å²) in [6.45, 7) is 4.49. The van der Waals surface area contributed by atoms with Crippen molar-refractivity contribution in [3.05, 3.63) is 35.1 Å². The summed E-state index contributed by atoms with van der Waals surface area (Å²) in [6.07, 6.45) is 2.92. The van der Waals surface area contributed by atoms with Crippen molar-refractivity contribution >= 4 is 29.3 Å². The molecule has 0 saturated carbocycles. The molecule has 0 aliphatic heterocycles. The Hall–Kier alpha value is -2.41. The molecule has 0 bridgehead atoms. The van der Waals surface area contributed by atoms with Gasteiger partial charge in [-0.15, -0.1) is 0 Å². The standard InChI is InChI=1S/C20H26N2O4S/c1-20(2)10-15(23)14(16(24)11-20)12-22-19(27)21-8-7-13-5-6-17(25-3)18(9-13)26-4/h5-6,9,12,23H,7-8,10-11H2,1-4H3,(H,21,27). The lowest BCUT2D eigenvalue weighted by Crippen LogP contribution is -2.27. The van der Waals surface area contributed by atoms with Gasteiger partial charge in [-0.05, 0) is 41.7 Å². The lowest BCUT2D eigenvalue weighted by Gasteiger charge is -2.28. The molecule has 0 unspecified atom stereocenters. The summed E-state index contributed by atoms with van der Waals surface area (Å²) >= 11 is 5.18. The molecule has 27 heavy (non-hydrogen) atoms. The van der Waals surface area contributed by atoms with Crippen LogP contribution in [0.4, 0.5) is 0 Å². The molecule has 0 amide bonds. The van der Waals surface area contributed by atoms with Crippen LogP contribution in [0.3, 0.4) is 0 Å². The average Bonchev–Trinajstić information content (AvgIpc) is 2.59. The Kier molecular flexibility index (Phi) is 6.96. The molecule has 1 aromatic carbocycles. The van der Waals surface area contributed by atoms with Crippen LogP contribution in [0, 0.1) is 5.41 Å². The van der Waals surface area contributed by atoms with Crippen molar-refractivity contribution in [3.63, 3.8) is 0 Å². The number of aliphatic hydroxyl groups is 1. The highest BCUT2D eigenvalue weighted by molar-refractivity contribution is 7.80. The van der Waals surface area contributed by atoms with E-state index in [-0.39, 0.29) is 27.6 Å². The third-order valence-electron chi connectivity index (χ3n) is 4.35. The quantitative estimate of drug-likeness (QED) is 0.572. The molecule has 0 saturated heterocycles. The molecule has 0 heterocycles. The van der Waals surface area contributed by atoms with Gasteiger partial charge in [0.25, 0.3) is 0 Å². The van der Waals surface area contributed by atoms with Crippen LogP contribution in [0.2, 0.25) is 0 Å². The van der Waals surface area contributed by atoms with Gasteiger partial charge in [0, 0.05) is 25.6 Å². The second-order valence-corrected chi connectivity index (χ2v) is 7.62. The molecule has 1 aliphatic carbocycles. The van der Waals surface area contributed by atoms with Crippen molar-refractivity contribution in [2.24, 2.45) is 10.4 Å². The molecule has 0 radical (unpaired) electrons. The number of nitrogens with zero attached hydrogens (tertiary/aromatic N) is 1. The van der Waals surface area contributed by atoms with Crippen LogP contribution in [0.1, 0.15) is 32.3 Å². The fraction of sp³-hybridized carbons (Fsp3) is 0.450. The minimum atomic E-state index is -0.226. The Morgan fingerprint density at radius 1 is 1.30 bits per heavy atom. The van der Waals surface area contributed by atoms with Gasteiger partial charge < -0.3 is 19.9 Å². The first-order valence-corrected chi connectivity index (χ1v) is 9.14. The first-order chi connectivity index (χ1) is 12.8. The number of ether oxygens (including phenoxy) is 2. The van der Waals surface area contributed by atoms with Gasteiger partial charge >= 0.3 is 0 Å². The number of carbonyl (C=O) groups excluding carboxylic acids is 1. The van der Waals surface area contributed by atoms with E-state index >= 15 is 0 Å². The molecule has 6 nitrogen and oxygen atoms in total. The minimum Gasteiger partial charge on any atom is -0.511 e. The average molecular weight is 391 g/mol. The Morgan fingerprint density at radius 3 is 2.63 bits per heavy atom. The van der Waals surface area contributed by atoms with Crippen LogP contribution in [0.15, 0.2) is 34.5 Å². The van der Waals surface area contributed by atoms with Crippen molar-refractivity contribution in [1.82, 2.24) is 5.32 Å². The summed E-state index contributed by atoms with van der Waals surface area (Å²) in [5, 5.41) is 13.4. The predicted molar refractivity (Wildman–Crippen MR) is 110 cm³/mol. The predicted octanol–water partition coefficient (Wildman–Crippen LogP) is 3.39. The number of methoxy groups -OCH3 is 2. The Morgan fingerprint density at radius 2 is 2.00 bits per heavy atom. The summed E-state index contributed by atoms with van der Waals surface area (Å²) in [6, 6.07) is 5.73. The highest BCUT2D eigenvalue weighted by atomic mass is 32.1. The zero-order valence-electron chi connectivity index (χ0n) is 16.2. The highest BCUT2D eigenvalue weighted by Gasteiger charge is 2.32. The molecule has 146 valence electrons.